The van der Waals surface area contributed by atoms with Crippen molar-refractivity contribution < 1.29 is 4.48 Å². The summed E-state index contributed by atoms with van der Waals surface area (Å²) < 4.78 is 1.04. The van der Waals surface area contributed by atoms with Gasteiger partial charge in [0.15, 0.2) is 0 Å². The lowest BCUT2D eigenvalue weighted by Crippen LogP contribution is -2.57. The van der Waals surface area contributed by atoms with Crippen molar-refractivity contribution in [2.75, 3.05) is 19.6 Å². The van der Waals surface area contributed by atoms with Crippen molar-refractivity contribution >= 4 is 0 Å². The predicted octanol–water partition coefficient (Wildman–Crippen LogP) is 1.17. The first-order valence-electron chi connectivity index (χ1n) is 4.24. The average Bonchev–Trinajstić information content (AvgIpc) is 1.92. The SMILES string of the molecule is CC[N+](CC)(CC)C(C)N. The van der Waals surface area contributed by atoms with Crippen molar-refractivity contribution in [3.63, 3.8) is 0 Å². The smallest absolute Gasteiger partial charge is 0.137 e. The molecule has 0 amide bonds. The van der Waals surface area contributed by atoms with E-state index < -0.39 is 0 Å². The summed E-state index contributed by atoms with van der Waals surface area (Å²) in [7, 11) is 0. The fourth-order valence-corrected chi connectivity index (χ4v) is 1.53. The molecule has 0 radical (unpaired) electrons. The van der Waals surface area contributed by atoms with Crippen LogP contribution in [-0.4, -0.2) is 30.3 Å². The fraction of sp³-hybridized carbons (Fsp3) is 1.00. The Balaban J connectivity index is 4.15. The van der Waals surface area contributed by atoms with Crippen molar-refractivity contribution in [3.8, 4) is 0 Å². The van der Waals surface area contributed by atoms with Gasteiger partial charge in [0.1, 0.15) is 6.17 Å². The van der Waals surface area contributed by atoms with Gasteiger partial charge in [0.25, 0.3) is 0 Å². The van der Waals surface area contributed by atoms with Crippen LogP contribution >= 0.6 is 0 Å². The van der Waals surface area contributed by atoms with Gasteiger partial charge in [-0.15, -0.1) is 0 Å². The van der Waals surface area contributed by atoms with Crippen LogP contribution in [0.2, 0.25) is 0 Å². The molecule has 0 aliphatic rings. The van der Waals surface area contributed by atoms with Crippen LogP contribution in [0.15, 0.2) is 0 Å². The minimum atomic E-state index is 0.278. The first-order valence-corrected chi connectivity index (χ1v) is 4.24. The van der Waals surface area contributed by atoms with E-state index in [0.717, 1.165) is 24.1 Å². The Kier molecular flexibility index (Phi) is 3.91. The molecule has 0 saturated heterocycles. The van der Waals surface area contributed by atoms with Gasteiger partial charge in [-0.05, 0) is 20.8 Å². The maximum absolute atomic E-state index is 5.88. The Morgan fingerprint density at radius 3 is 1.40 bits per heavy atom. The van der Waals surface area contributed by atoms with Crippen LogP contribution < -0.4 is 5.73 Å². The summed E-state index contributed by atoms with van der Waals surface area (Å²) in [6.45, 7) is 12.1. The van der Waals surface area contributed by atoms with Gasteiger partial charge in [-0.2, -0.15) is 0 Å². The summed E-state index contributed by atoms with van der Waals surface area (Å²) in [6, 6.07) is 0. The zero-order chi connectivity index (χ0) is 8.20. The molecule has 1 unspecified atom stereocenters. The van der Waals surface area contributed by atoms with Gasteiger partial charge in [0, 0.05) is 6.92 Å². The zero-order valence-corrected chi connectivity index (χ0v) is 7.72. The molecule has 0 aliphatic carbocycles. The van der Waals surface area contributed by atoms with Gasteiger partial charge in [0.2, 0.25) is 0 Å². The van der Waals surface area contributed by atoms with Crippen molar-refractivity contribution in [1.82, 2.24) is 0 Å². The van der Waals surface area contributed by atoms with Crippen LogP contribution in [-0.2, 0) is 0 Å². The van der Waals surface area contributed by atoms with Crippen molar-refractivity contribution in [3.05, 3.63) is 0 Å². The number of quaternary nitrogens is 1. The van der Waals surface area contributed by atoms with Crippen molar-refractivity contribution in [2.45, 2.75) is 33.9 Å². The second kappa shape index (κ2) is 3.94. The summed E-state index contributed by atoms with van der Waals surface area (Å²) in [6.07, 6.45) is 0.278. The van der Waals surface area contributed by atoms with Crippen LogP contribution in [0.25, 0.3) is 0 Å². The van der Waals surface area contributed by atoms with Gasteiger partial charge in [-0.1, -0.05) is 0 Å². The molecule has 2 N–H and O–H groups in total. The third-order valence-electron chi connectivity index (χ3n) is 2.75. The van der Waals surface area contributed by atoms with Crippen molar-refractivity contribution in [2.24, 2.45) is 5.73 Å². The molecule has 0 fully saturated rings. The molecule has 62 valence electrons. The van der Waals surface area contributed by atoms with Gasteiger partial charge >= 0.3 is 0 Å². The fourth-order valence-electron chi connectivity index (χ4n) is 1.53. The van der Waals surface area contributed by atoms with Gasteiger partial charge in [-0.25, -0.2) is 0 Å². The molecule has 0 aromatic carbocycles. The topological polar surface area (TPSA) is 26.0 Å². The molecule has 0 saturated carbocycles. The molecule has 0 aromatic rings. The highest BCUT2D eigenvalue weighted by molar-refractivity contribution is 4.41. The molecule has 0 aromatic heterocycles. The summed E-state index contributed by atoms with van der Waals surface area (Å²) in [4.78, 5) is 0. The normalized spacial score (nSPS) is 15.3. The molecule has 2 nitrogen and oxygen atoms in total. The van der Waals surface area contributed by atoms with E-state index in [4.69, 9.17) is 5.73 Å². The predicted molar refractivity (Wildman–Crippen MR) is 45.5 cm³/mol. The summed E-state index contributed by atoms with van der Waals surface area (Å²) in [5, 5.41) is 0. The first kappa shape index (κ1) is 9.92. The van der Waals surface area contributed by atoms with E-state index >= 15 is 0 Å². The Morgan fingerprint density at radius 2 is 1.40 bits per heavy atom. The van der Waals surface area contributed by atoms with E-state index in [-0.39, 0.29) is 6.17 Å². The molecule has 1 atom stereocenters. The third kappa shape index (κ3) is 1.70. The highest BCUT2D eigenvalue weighted by Gasteiger charge is 2.24. The van der Waals surface area contributed by atoms with Crippen LogP contribution in [0.3, 0.4) is 0 Å². The van der Waals surface area contributed by atoms with Crippen LogP contribution in [0.5, 0.6) is 0 Å². The summed E-state index contributed by atoms with van der Waals surface area (Å²) in [5.41, 5.74) is 5.88. The summed E-state index contributed by atoms with van der Waals surface area (Å²) in [5.74, 6) is 0. The number of rotatable bonds is 4. The van der Waals surface area contributed by atoms with E-state index in [1.807, 2.05) is 0 Å². The highest BCUT2D eigenvalue weighted by Crippen LogP contribution is 2.07. The first-order chi connectivity index (χ1) is 4.63. The Bertz CT molecular complexity index is 77.0. The lowest BCUT2D eigenvalue weighted by molar-refractivity contribution is -0.944. The van der Waals surface area contributed by atoms with E-state index in [9.17, 15) is 0 Å². The number of nitrogens with zero attached hydrogens (tertiary/aromatic N) is 1. The Labute approximate surface area is 64.6 Å². The molecular formula is C8H21N2+. The largest absolute Gasteiger partial charge is 0.310 e. The molecule has 0 heterocycles. The van der Waals surface area contributed by atoms with Crippen LogP contribution in [0.4, 0.5) is 0 Å². The van der Waals surface area contributed by atoms with E-state index in [0.29, 0.717) is 0 Å². The molecule has 2 heteroatoms. The lowest BCUT2D eigenvalue weighted by Gasteiger charge is -2.39. The van der Waals surface area contributed by atoms with Crippen LogP contribution in [0.1, 0.15) is 27.7 Å². The minimum Gasteiger partial charge on any atom is -0.310 e. The molecule has 0 aliphatic heterocycles. The Morgan fingerprint density at radius 1 is 1.10 bits per heavy atom. The molecule has 10 heavy (non-hydrogen) atoms. The van der Waals surface area contributed by atoms with E-state index in [1.54, 1.807) is 0 Å². The second-order valence-corrected chi connectivity index (χ2v) is 2.91. The molecule has 0 spiro atoms. The maximum Gasteiger partial charge on any atom is 0.137 e. The summed E-state index contributed by atoms with van der Waals surface area (Å²) >= 11 is 0. The minimum absolute atomic E-state index is 0.278. The second-order valence-electron chi connectivity index (χ2n) is 2.91. The maximum atomic E-state index is 5.88. The third-order valence-corrected chi connectivity index (χ3v) is 2.75. The standard InChI is InChI=1S/C8H21N2/c1-5-10(6-2,7-3)8(4)9/h8H,5-7,9H2,1-4H3/q+1. The van der Waals surface area contributed by atoms with Gasteiger partial charge in [0.05, 0.1) is 19.6 Å². The van der Waals surface area contributed by atoms with Gasteiger partial charge < -0.3 is 4.48 Å². The number of nitrogens with two attached hydrogens (primary N) is 1. The average molecular weight is 145 g/mol. The quantitative estimate of drug-likeness (QED) is 0.466. The van der Waals surface area contributed by atoms with E-state index in [1.165, 1.54) is 0 Å². The number of hydrogen-bond acceptors (Lipinski definition) is 1. The molecular weight excluding hydrogens is 124 g/mol. The Hall–Kier alpha value is -0.0800. The lowest BCUT2D eigenvalue weighted by atomic mass is 10.3. The van der Waals surface area contributed by atoms with Gasteiger partial charge in [-0.3, -0.25) is 5.73 Å². The highest BCUT2D eigenvalue weighted by atomic mass is 15.4. The van der Waals surface area contributed by atoms with Crippen LogP contribution in [0, 0.1) is 0 Å². The van der Waals surface area contributed by atoms with Crippen molar-refractivity contribution in [1.29, 1.82) is 0 Å². The number of hydrogen-bond donors (Lipinski definition) is 1. The molecule has 0 rings (SSSR count). The molecule has 0 bridgehead atoms. The van der Waals surface area contributed by atoms with E-state index in [2.05, 4.69) is 27.7 Å². The monoisotopic (exact) mass is 145 g/mol. The zero-order valence-electron chi connectivity index (χ0n) is 7.72.